The maximum Gasteiger partial charge on any atom is 0.337 e. The van der Waals surface area contributed by atoms with E-state index in [-0.39, 0.29) is 5.78 Å². The molecule has 0 radical (unpaired) electrons. The van der Waals surface area contributed by atoms with Gasteiger partial charge in [-0.1, -0.05) is 36.4 Å². The molecule has 0 aromatic heterocycles. The summed E-state index contributed by atoms with van der Waals surface area (Å²) in [6, 6.07) is 13.4. The number of hydrogen-bond acceptors (Lipinski definition) is 5. The maximum absolute atomic E-state index is 12.4. The number of rotatable bonds is 6. The number of carbonyl (C=O) groups is 2. The summed E-state index contributed by atoms with van der Waals surface area (Å²) >= 11 is 0. The molecule has 0 aliphatic carbocycles. The van der Waals surface area contributed by atoms with Crippen molar-refractivity contribution in [3.05, 3.63) is 70.8 Å². The first-order valence-corrected chi connectivity index (χ1v) is 6.63. The second-order valence-corrected chi connectivity index (χ2v) is 4.52. The van der Waals surface area contributed by atoms with E-state index >= 15 is 0 Å². The molecule has 2 rings (SSSR count). The van der Waals surface area contributed by atoms with Gasteiger partial charge in [0.1, 0.15) is 6.61 Å². The minimum absolute atomic E-state index is 0.115. The van der Waals surface area contributed by atoms with Crippen molar-refractivity contribution in [2.75, 3.05) is 14.2 Å². The van der Waals surface area contributed by atoms with Gasteiger partial charge in [0.2, 0.25) is 0 Å². The predicted octanol–water partition coefficient (Wildman–Crippen LogP) is 2.78. The molecule has 0 unspecified atom stereocenters. The van der Waals surface area contributed by atoms with E-state index in [1.54, 1.807) is 48.5 Å². The molecular formula is C17H16O5. The Kier molecular flexibility index (Phi) is 5.41. The van der Waals surface area contributed by atoms with Crippen molar-refractivity contribution in [1.82, 2.24) is 0 Å². The smallest absolute Gasteiger partial charge is 0.337 e. The molecule has 0 fully saturated rings. The molecule has 114 valence electrons. The number of esters is 1. The number of ketones is 1. The zero-order valence-corrected chi connectivity index (χ0v) is 12.4. The Morgan fingerprint density at radius 1 is 0.818 bits per heavy atom. The molecule has 22 heavy (non-hydrogen) atoms. The van der Waals surface area contributed by atoms with Gasteiger partial charge in [0.05, 0.1) is 19.8 Å². The molecule has 5 nitrogen and oxygen atoms in total. The minimum Gasteiger partial charge on any atom is -0.465 e. The fourth-order valence-electron chi connectivity index (χ4n) is 1.92. The topological polar surface area (TPSA) is 61.8 Å². The van der Waals surface area contributed by atoms with Crippen molar-refractivity contribution in [3.8, 4) is 0 Å². The molecular weight excluding hydrogens is 284 g/mol. The van der Waals surface area contributed by atoms with E-state index in [0.29, 0.717) is 23.3 Å². The van der Waals surface area contributed by atoms with Gasteiger partial charge in [-0.2, -0.15) is 0 Å². The lowest BCUT2D eigenvalue weighted by atomic mass is 10.0. The van der Waals surface area contributed by atoms with Crippen LogP contribution in [-0.4, -0.2) is 26.0 Å². The molecule has 0 aliphatic heterocycles. The Bertz CT molecular complexity index is 644. The third-order valence-corrected chi connectivity index (χ3v) is 3.13. The second kappa shape index (κ2) is 7.49. The number of hydrogen-bond donors (Lipinski definition) is 0. The molecule has 0 bridgehead atoms. The minimum atomic E-state index is -0.429. The van der Waals surface area contributed by atoms with E-state index in [1.165, 1.54) is 14.2 Å². The van der Waals surface area contributed by atoms with E-state index in [2.05, 4.69) is 9.62 Å². The molecule has 0 saturated heterocycles. The van der Waals surface area contributed by atoms with Gasteiger partial charge in [-0.05, 0) is 17.7 Å². The standard InChI is InChI=1S/C17H16O5/c1-20-17(19)15-9-7-14(8-10-15)16(18)13-5-3-12(4-6-13)11-22-21-2/h3-10H,11H2,1-2H3. The zero-order valence-electron chi connectivity index (χ0n) is 12.4. The summed E-state index contributed by atoms with van der Waals surface area (Å²) in [4.78, 5) is 33.1. The third kappa shape index (κ3) is 3.78. The highest BCUT2D eigenvalue weighted by Crippen LogP contribution is 2.13. The Labute approximate surface area is 128 Å². The van der Waals surface area contributed by atoms with Crippen LogP contribution in [0.4, 0.5) is 0 Å². The van der Waals surface area contributed by atoms with Crippen LogP contribution in [0.25, 0.3) is 0 Å². The Balaban J connectivity index is 2.12. The summed E-state index contributed by atoms with van der Waals surface area (Å²) in [5.41, 5.74) is 2.38. The SMILES string of the molecule is COOCc1ccc(C(=O)c2ccc(C(=O)OC)cc2)cc1. The molecule has 5 heteroatoms. The third-order valence-electron chi connectivity index (χ3n) is 3.13. The van der Waals surface area contributed by atoms with Crippen LogP contribution in [-0.2, 0) is 21.1 Å². The second-order valence-electron chi connectivity index (χ2n) is 4.52. The van der Waals surface area contributed by atoms with Gasteiger partial charge in [0.25, 0.3) is 0 Å². The van der Waals surface area contributed by atoms with Crippen molar-refractivity contribution in [2.24, 2.45) is 0 Å². The van der Waals surface area contributed by atoms with Gasteiger partial charge in [0, 0.05) is 11.1 Å². The van der Waals surface area contributed by atoms with Crippen molar-refractivity contribution < 1.29 is 24.1 Å². The van der Waals surface area contributed by atoms with E-state index in [4.69, 9.17) is 4.89 Å². The highest BCUT2D eigenvalue weighted by molar-refractivity contribution is 6.09. The van der Waals surface area contributed by atoms with Crippen molar-refractivity contribution >= 4 is 11.8 Å². The first-order chi connectivity index (χ1) is 10.7. The maximum atomic E-state index is 12.4. The molecule has 0 heterocycles. The van der Waals surface area contributed by atoms with Gasteiger partial charge in [-0.3, -0.25) is 4.79 Å². The summed E-state index contributed by atoms with van der Waals surface area (Å²) in [6.07, 6.45) is 0. The fourth-order valence-corrected chi connectivity index (χ4v) is 1.92. The fraction of sp³-hybridized carbons (Fsp3) is 0.176. The van der Waals surface area contributed by atoms with E-state index in [0.717, 1.165) is 5.56 Å². The van der Waals surface area contributed by atoms with Crippen LogP contribution >= 0.6 is 0 Å². The van der Waals surface area contributed by atoms with Crippen molar-refractivity contribution in [3.63, 3.8) is 0 Å². The van der Waals surface area contributed by atoms with Crippen LogP contribution in [0.2, 0.25) is 0 Å². The van der Waals surface area contributed by atoms with Gasteiger partial charge < -0.3 is 4.74 Å². The quantitative estimate of drug-likeness (QED) is 0.355. The number of benzene rings is 2. The van der Waals surface area contributed by atoms with Crippen LogP contribution in [0.1, 0.15) is 31.8 Å². The Hall–Kier alpha value is -2.50. The summed E-state index contributed by atoms with van der Waals surface area (Å²) in [7, 11) is 2.76. The molecule has 0 N–H and O–H groups in total. The first kappa shape index (κ1) is 15.9. The molecule has 2 aromatic rings. The normalized spacial score (nSPS) is 10.3. The highest BCUT2D eigenvalue weighted by Gasteiger charge is 2.11. The van der Waals surface area contributed by atoms with Gasteiger partial charge in [0.15, 0.2) is 5.78 Å². The number of ether oxygens (including phenoxy) is 1. The Morgan fingerprint density at radius 3 is 1.82 bits per heavy atom. The summed E-state index contributed by atoms with van der Waals surface area (Å²) in [5, 5.41) is 0. The predicted molar refractivity (Wildman–Crippen MR) is 79.5 cm³/mol. The van der Waals surface area contributed by atoms with E-state index in [9.17, 15) is 9.59 Å². The average Bonchev–Trinajstić information content (AvgIpc) is 2.59. The molecule has 0 saturated carbocycles. The van der Waals surface area contributed by atoms with Gasteiger partial charge in [-0.25, -0.2) is 14.6 Å². The van der Waals surface area contributed by atoms with Crippen molar-refractivity contribution in [1.29, 1.82) is 0 Å². The van der Waals surface area contributed by atoms with Gasteiger partial charge >= 0.3 is 5.97 Å². The molecule has 2 aromatic carbocycles. The van der Waals surface area contributed by atoms with Crippen LogP contribution in [0.3, 0.4) is 0 Å². The zero-order chi connectivity index (χ0) is 15.9. The van der Waals surface area contributed by atoms with Crippen LogP contribution < -0.4 is 0 Å². The molecule has 0 aliphatic rings. The lowest BCUT2D eigenvalue weighted by molar-refractivity contribution is -0.282. The monoisotopic (exact) mass is 300 g/mol. The summed E-state index contributed by atoms with van der Waals surface area (Å²) in [5.74, 6) is -0.544. The highest BCUT2D eigenvalue weighted by atomic mass is 17.2. The number of methoxy groups -OCH3 is 1. The van der Waals surface area contributed by atoms with Crippen LogP contribution in [0.15, 0.2) is 48.5 Å². The van der Waals surface area contributed by atoms with E-state index in [1.807, 2.05) is 0 Å². The summed E-state index contributed by atoms with van der Waals surface area (Å²) < 4.78 is 4.62. The first-order valence-electron chi connectivity index (χ1n) is 6.63. The van der Waals surface area contributed by atoms with Crippen molar-refractivity contribution in [2.45, 2.75) is 6.61 Å². The largest absolute Gasteiger partial charge is 0.465 e. The number of carbonyl (C=O) groups excluding carboxylic acids is 2. The lowest BCUT2D eigenvalue weighted by Crippen LogP contribution is -2.04. The van der Waals surface area contributed by atoms with E-state index < -0.39 is 5.97 Å². The van der Waals surface area contributed by atoms with Crippen LogP contribution in [0, 0.1) is 0 Å². The van der Waals surface area contributed by atoms with Crippen LogP contribution in [0.5, 0.6) is 0 Å². The van der Waals surface area contributed by atoms with Gasteiger partial charge in [-0.15, -0.1) is 0 Å². The lowest BCUT2D eigenvalue weighted by Gasteiger charge is -2.05. The Morgan fingerprint density at radius 2 is 1.32 bits per heavy atom. The summed E-state index contributed by atoms with van der Waals surface area (Å²) in [6.45, 7) is 0.318. The molecule has 0 spiro atoms. The molecule has 0 amide bonds. The average molecular weight is 300 g/mol. The molecule has 0 atom stereocenters.